The van der Waals surface area contributed by atoms with E-state index >= 15 is 0 Å². The SMILES string of the molecule is N#Cc1c(NC(N)=S)sc2c1C1CCN2CC1. The molecule has 88 valence electrons. The lowest BCUT2D eigenvalue weighted by Gasteiger charge is -2.39. The van der Waals surface area contributed by atoms with Crippen LogP contribution < -0.4 is 16.0 Å². The van der Waals surface area contributed by atoms with Crippen LogP contribution in [0.1, 0.15) is 29.9 Å². The third kappa shape index (κ3) is 1.58. The molecule has 0 spiro atoms. The molecule has 0 aromatic carbocycles. The fourth-order valence-electron chi connectivity index (χ4n) is 2.73. The van der Waals surface area contributed by atoms with Crippen LogP contribution in [-0.4, -0.2) is 18.2 Å². The largest absolute Gasteiger partial charge is 0.376 e. The molecule has 6 heteroatoms. The van der Waals surface area contributed by atoms with E-state index < -0.39 is 0 Å². The minimum Gasteiger partial charge on any atom is -0.376 e. The highest BCUT2D eigenvalue weighted by atomic mass is 32.1. The van der Waals surface area contributed by atoms with Crippen molar-refractivity contribution in [1.29, 1.82) is 5.26 Å². The molecule has 1 aromatic rings. The van der Waals surface area contributed by atoms with Gasteiger partial charge in [-0.3, -0.25) is 0 Å². The van der Waals surface area contributed by atoms with Gasteiger partial charge in [0, 0.05) is 18.7 Å². The highest BCUT2D eigenvalue weighted by molar-refractivity contribution is 7.80. The number of fused-ring (bicyclic) bond motifs is 2. The van der Waals surface area contributed by atoms with Gasteiger partial charge in [0.1, 0.15) is 11.1 Å². The quantitative estimate of drug-likeness (QED) is 0.759. The lowest BCUT2D eigenvalue weighted by molar-refractivity contribution is 0.479. The Kier molecular flexibility index (Phi) is 2.45. The van der Waals surface area contributed by atoms with Gasteiger partial charge >= 0.3 is 0 Å². The molecule has 1 aromatic heterocycles. The summed E-state index contributed by atoms with van der Waals surface area (Å²) in [4.78, 5) is 2.37. The Labute approximate surface area is 109 Å². The van der Waals surface area contributed by atoms with Crippen molar-refractivity contribution < 1.29 is 0 Å². The summed E-state index contributed by atoms with van der Waals surface area (Å²) >= 11 is 6.45. The van der Waals surface area contributed by atoms with E-state index in [-0.39, 0.29) is 5.11 Å². The molecule has 3 aliphatic heterocycles. The Balaban J connectivity index is 2.12. The minimum atomic E-state index is 0.224. The number of rotatable bonds is 1. The number of anilines is 2. The molecule has 0 radical (unpaired) electrons. The predicted octanol–water partition coefficient (Wildman–Crippen LogP) is 1.97. The first-order valence-corrected chi connectivity index (χ1v) is 6.81. The van der Waals surface area contributed by atoms with Crippen molar-refractivity contribution >= 4 is 38.7 Å². The van der Waals surface area contributed by atoms with Crippen LogP contribution in [0, 0.1) is 11.3 Å². The molecule has 4 heterocycles. The Bertz CT molecular complexity index is 520. The first-order chi connectivity index (χ1) is 8.20. The normalized spacial score (nSPS) is 17.7. The van der Waals surface area contributed by atoms with Gasteiger partial charge in [-0.1, -0.05) is 11.3 Å². The van der Waals surface area contributed by atoms with Crippen LogP contribution >= 0.6 is 23.6 Å². The van der Waals surface area contributed by atoms with E-state index in [1.807, 2.05) is 0 Å². The zero-order valence-corrected chi connectivity index (χ0v) is 10.8. The Hall–Kier alpha value is -1.32. The highest BCUT2D eigenvalue weighted by Gasteiger charge is 2.36. The molecule has 3 aliphatic rings. The molecule has 4 rings (SSSR count). The monoisotopic (exact) mass is 264 g/mol. The number of thiophene rings is 1. The third-order valence-electron chi connectivity index (χ3n) is 3.46. The Morgan fingerprint density at radius 2 is 2.24 bits per heavy atom. The summed E-state index contributed by atoms with van der Waals surface area (Å²) in [6.45, 7) is 2.21. The average molecular weight is 264 g/mol. The zero-order chi connectivity index (χ0) is 12.0. The number of piperidine rings is 1. The third-order valence-corrected chi connectivity index (χ3v) is 4.75. The lowest BCUT2D eigenvalue weighted by Crippen LogP contribution is -2.37. The first-order valence-electron chi connectivity index (χ1n) is 5.59. The highest BCUT2D eigenvalue weighted by Crippen LogP contribution is 2.51. The molecule has 0 atom stereocenters. The van der Waals surface area contributed by atoms with Crippen LogP contribution in [0.25, 0.3) is 0 Å². The van der Waals surface area contributed by atoms with Crippen LogP contribution in [0.2, 0.25) is 0 Å². The van der Waals surface area contributed by atoms with Gasteiger partial charge in [0.2, 0.25) is 0 Å². The van der Waals surface area contributed by atoms with Crippen molar-refractivity contribution in [2.24, 2.45) is 5.73 Å². The summed E-state index contributed by atoms with van der Waals surface area (Å²) in [5.41, 5.74) is 7.45. The van der Waals surface area contributed by atoms with Gasteiger partial charge in [-0.25, -0.2) is 0 Å². The van der Waals surface area contributed by atoms with E-state index in [1.54, 1.807) is 11.3 Å². The second kappa shape index (κ2) is 3.86. The van der Waals surface area contributed by atoms with Gasteiger partial charge in [-0.05, 0) is 31.0 Å². The summed E-state index contributed by atoms with van der Waals surface area (Å²) in [5, 5.41) is 14.5. The van der Waals surface area contributed by atoms with E-state index in [1.165, 1.54) is 10.6 Å². The maximum atomic E-state index is 9.32. The van der Waals surface area contributed by atoms with Crippen LogP contribution in [0.15, 0.2) is 0 Å². The number of hydrogen-bond donors (Lipinski definition) is 2. The van der Waals surface area contributed by atoms with Gasteiger partial charge in [0.25, 0.3) is 0 Å². The molecule has 0 aliphatic carbocycles. The molecule has 17 heavy (non-hydrogen) atoms. The number of nitriles is 1. The summed E-state index contributed by atoms with van der Waals surface area (Å²) in [7, 11) is 0. The van der Waals surface area contributed by atoms with Crippen molar-refractivity contribution in [2.45, 2.75) is 18.8 Å². The molecule has 0 amide bonds. The van der Waals surface area contributed by atoms with Crippen molar-refractivity contribution in [3.63, 3.8) is 0 Å². The molecule has 3 N–H and O–H groups in total. The van der Waals surface area contributed by atoms with Crippen molar-refractivity contribution in [2.75, 3.05) is 23.3 Å². The van der Waals surface area contributed by atoms with Gasteiger partial charge in [-0.15, -0.1) is 0 Å². The fourth-order valence-corrected chi connectivity index (χ4v) is 4.20. The topological polar surface area (TPSA) is 65.1 Å². The molecule has 4 nitrogen and oxygen atoms in total. The molecular formula is C11H12N4S2. The Morgan fingerprint density at radius 3 is 2.82 bits per heavy atom. The standard InChI is InChI=1S/C11H12N4S2/c12-5-7-8-6-1-3-15(4-2-6)10(8)17-9(7)14-11(13)16/h6H,1-4H2,(H3,13,14,16). The zero-order valence-electron chi connectivity index (χ0n) is 9.19. The molecular weight excluding hydrogens is 252 g/mol. The van der Waals surface area contributed by atoms with Gasteiger partial charge in [-0.2, -0.15) is 5.26 Å². The van der Waals surface area contributed by atoms with Crippen molar-refractivity contribution in [3.8, 4) is 6.07 Å². The number of nitrogens with two attached hydrogens (primary N) is 1. The van der Waals surface area contributed by atoms with Crippen LogP contribution in [0.5, 0.6) is 0 Å². The predicted molar refractivity (Wildman–Crippen MR) is 73.6 cm³/mol. The molecule has 2 bridgehead atoms. The first kappa shape index (κ1) is 10.8. The summed E-state index contributed by atoms with van der Waals surface area (Å²) in [6, 6.07) is 2.30. The fraction of sp³-hybridized carbons (Fsp3) is 0.455. The summed E-state index contributed by atoms with van der Waals surface area (Å²) < 4.78 is 0. The van der Waals surface area contributed by atoms with E-state index in [4.69, 9.17) is 18.0 Å². The second-order valence-corrected chi connectivity index (χ2v) is 5.83. The van der Waals surface area contributed by atoms with E-state index in [0.29, 0.717) is 5.92 Å². The van der Waals surface area contributed by atoms with Gasteiger partial charge in [0.15, 0.2) is 5.11 Å². The number of nitrogens with one attached hydrogen (secondary N) is 1. The summed E-state index contributed by atoms with van der Waals surface area (Å²) in [6.07, 6.45) is 2.32. The van der Waals surface area contributed by atoms with Crippen LogP contribution in [0.3, 0.4) is 0 Å². The van der Waals surface area contributed by atoms with E-state index in [9.17, 15) is 5.26 Å². The minimum absolute atomic E-state index is 0.224. The van der Waals surface area contributed by atoms with Crippen LogP contribution in [0.4, 0.5) is 10.0 Å². The van der Waals surface area contributed by atoms with Gasteiger partial charge in [0.05, 0.1) is 10.6 Å². The molecule has 1 saturated heterocycles. The van der Waals surface area contributed by atoms with Crippen LogP contribution in [-0.2, 0) is 0 Å². The maximum absolute atomic E-state index is 9.32. The van der Waals surface area contributed by atoms with Gasteiger partial charge < -0.3 is 16.0 Å². The van der Waals surface area contributed by atoms with E-state index in [0.717, 1.165) is 36.5 Å². The Morgan fingerprint density at radius 1 is 1.53 bits per heavy atom. The lowest BCUT2D eigenvalue weighted by atomic mass is 9.84. The average Bonchev–Trinajstić information content (AvgIpc) is 2.69. The molecule has 0 unspecified atom stereocenters. The molecule has 0 saturated carbocycles. The van der Waals surface area contributed by atoms with E-state index in [2.05, 4.69) is 16.3 Å². The molecule has 1 fully saturated rings. The number of hydrogen-bond acceptors (Lipinski definition) is 4. The second-order valence-electron chi connectivity index (χ2n) is 4.39. The maximum Gasteiger partial charge on any atom is 0.168 e. The smallest absolute Gasteiger partial charge is 0.168 e. The van der Waals surface area contributed by atoms with Crippen molar-refractivity contribution in [1.82, 2.24) is 0 Å². The number of nitrogens with zero attached hydrogens (tertiary/aromatic N) is 2. The van der Waals surface area contributed by atoms with Crippen molar-refractivity contribution in [3.05, 3.63) is 11.1 Å². The number of thiocarbonyl (C=S) groups is 1. The summed E-state index contributed by atoms with van der Waals surface area (Å²) in [5.74, 6) is 0.544.